The summed E-state index contributed by atoms with van der Waals surface area (Å²) in [6.45, 7) is 16.9. The fourth-order valence-electron chi connectivity index (χ4n) is 3.47. The fraction of sp³-hybridized carbons (Fsp3) is 0.615. The standard InChI is InChI=1S/C26H39NO7Si/c1-16(2)21(34-35(8,9)25(3,4)5)22(29)27-18(15-17-13-11-10-12-14-17)20(28)19-23(30)32-26(6,7)33-24(19)31/h10-14,16,18-19,21H,15H2,1-9H3,(H,27,29)/t18-,21-/m0/s1. The SMILES string of the molecule is CC(C)[C@H](O[Si](C)(C)C(C)(C)C)C(=O)N[C@@H](Cc1ccccc1)C(=O)C1C(=O)OC(C)(C)OC1=O. The van der Waals surface area contributed by atoms with Crippen molar-refractivity contribution in [3.05, 3.63) is 35.9 Å². The average Bonchev–Trinajstić information content (AvgIpc) is 2.69. The molecule has 8 nitrogen and oxygen atoms in total. The van der Waals surface area contributed by atoms with E-state index in [-0.39, 0.29) is 17.4 Å². The highest BCUT2D eigenvalue weighted by Crippen LogP contribution is 2.38. The van der Waals surface area contributed by atoms with Gasteiger partial charge < -0.3 is 19.2 Å². The Morgan fingerprint density at radius 2 is 1.57 bits per heavy atom. The largest absolute Gasteiger partial charge is 0.422 e. The number of carbonyl (C=O) groups is 4. The van der Waals surface area contributed by atoms with Crippen LogP contribution in [-0.4, -0.2) is 49.9 Å². The Hall–Kier alpha value is -2.52. The van der Waals surface area contributed by atoms with Crippen molar-refractivity contribution in [2.24, 2.45) is 11.8 Å². The van der Waals surface area contributed by atoms with E-state index in [2.05, 4.69) is 39.2 Å². The first-order valence-corrected chi connectivity index (χ1v) is 14.9. The predicted octanol–water partition coefficient (Wildman–Crippen LogP) is 3.78. The molecule has 0 saturated carbocycles. The van der Waals surface area contributed by atoms with Crippen LogP contribution in [0.25, 0.3) is 0 Å². The van der Waals surface area contributed by atoms with E-state index >= 15 is 0 Å². The molecule has 0 radical (unpaired) electrons. The Bertz CT molecular complexity index is 930. The molecule has 0 unspecified atom stereocenters. The summed E-state index contributed by atoms with van der Waals surface area (Å²) >= 11 is 0. The molecule has 1 aliphatic rings. The van der Waals surface area contributed by atoms with Crippen molar-refractivity contribution in [3.8, 4) is 0 Å². The monoisotopic (exact) mass is 505 g/mol. The second kappa shape index (κ2) is 10.6. The number of amides is 1. The van der Waals surface area contributed by atoms with Crippen LogP contribution in [0, 0.1) is 11.8 Å². The molecule has 1 heterocycles. The van der Waals surface area contributed by atoms with Crippen LogP contribution < -0.4 is 5.32 Å². The van der Waals surface area contributed by atoms with Crippen LogP contribution in [0.1, 0.15) is 54.0 Å². The van der Waals surface area contributed by atoms with Crippen molar-refractivity contribution in [2.45, 2.75) is 91.0 Å². The molecule has 0 bridgehead atoms. The summed E-state index contributed by atoms with van der Waals surface area (Å²) in [5.74, 6) is -6.59. The summed E-state index contributed by atoms with van der Waals surface area (Å²) in [6, 6.07) is 7.90. The van der Waals surface area contributed by atoms with Crippen molar-refractivity contribution in [1.82, 2.24) is 5.32 Å². The lowest BCUT2D eigenvalue weighted by Gasteiger charge is -2.40. The summed E-state index contributed by atoms with van der Waals surface area (Å²) in [5.41, 5.74) is 0.760. The van der Waals surface area contributed by atoms with E-state index in [9.17, 15) is 19.2 Å². The second-order valence-corrected chi connectivity index (χ2v) is 16.1. The van der Waals surface area contributed by atoms with Gasteiger partial charge in [-0.3, -0.25) is 19.2 Å². The highest BCUT2D eigenvalue weighted by Gasteiger charge is 2.50. The first kappa shape index (κ1) is 28.7. The van der Waals surface area contributed by atoms with Crippen LogP contribution in [0.5, 0.6) is 0 Å². The minimum Gasteiger partial charge on any atom is -0.422 e. The van der Waals surface area contributed by atoms with Gasteiger partial charge in [0.15, 0.2) is 14.1 Å². The molecule has 1 aliphatic heterocycles. The number of cyclic esters (lactones) is 2. The third-order valence-corrected chi connectivity index (χ3v) is 10.9. The number of carbonyl (C=O) groups excluding carboxylic acids is 4. The number of esters is 2. The second-order valence-electron chi connectivity index (χ2n) is 11.4. The highest BCUT2D eigenvalue weighted by molar-refractivity contribution is 6.74. The van der Waals surface area contributed by atoms with Gasteiger partial charge in [-0.25, -0.2) is 0 Å². The lowest BCUT2D eigenvalue weighted by Crippen LogP contribution is -2.57. The Morgan fingerprint density at radius 1 is 1.06 bits per heavy atom. The zero-order chi connectivity index (χ0) is 26.8. The number of ketones is 1. The minimum atomic E-state index is -2.31. The Morgan fingerprint density at radius 3 is 2.03 bits per heavy atom. The molecule has 0 aliphatic carbocycles. The van der Waals surface area contributed by atoms with Crippen LogP contribution in [0.4, 0.5) is 0 Å². The maximum absolute atomic E-state index is 13.5. The first-order valence-electron chi connectivity index (χ1n) is 12.0. The van der Waals surface area contributed by atoms with Gasteiger partial charge in [0.25, 0.3) is 5.79 Å². The predicted molar refractivity (Wildman–Crippen MR) is 134 cm³/mol. The molecule has 0 spiro atoms. The van der Waals surface area contributed by atoms with Gasteiger partial charge in [0.1, 0.15) is 6.10 Å². The molecule has 0 aromatic heterocycles. The third kappa shape index (κ3) is 7.24. The van der Waals surface area contributed by atoms with Gasteiger partial charge in [0.2, 0.25) is 11.8 Å². The first-order chi connectivity index (χ1) is 15.9. The highest BCUT2D eigenvalue weighted by atomic mass is 28.4. The van der Waals surface area contributed by atoms with Crippen molar-refractivity contribution in [1.29, 1.82) is 0 Å². The molecule has 194 valence electrons. The van der Waals surface area contributed by atoms with Gasteiger partial charge in [-0.05, 0) is 36.0 Å². The summed E-state index contributed by atoms with van der Waals surface area (Å²) in [6.07, 6.45) is -0.706. The van der Waals surface area contributed by atoms with Gasteiger partial charge >= 0.3 is 11.9 Å². The molecule has 1 fully saturated rings. The lowest BCUT2D eigenvalue weighted by atomic mass is 9.92. The molecule has 9 heteroatoms. The van der Waals surface area contributed by atoms with Gasteiger partial charge in [0, 0.05) is 13.8 Å². The summed E-state index contributed by atoms with van der Waals surface area (Å²) < 4.78 is 16.7. The molecule has 1 aromatic carbocycles. The van der Waals surface area contributed by atoms with Crippen LogP contribution in [-0.2, 0) is 39.5 Å². The van der Waals surface area contributed by atoms with Crippen molar-refractivity contribution < 1.29 is 33.1 Å². The van der Waals surface area contributed by atoms with Gasteiger partial charge in [-0.15, -0.1) is 0 Å². The lowest BCUT2D eigenvalue weighted by molar-refractivity contribution is -0.238. The van der Waals surface area contributed by atoms with E-state index in [1.807, 2.05) is 32.0 Å². The molecule has 1 aromatic rings. The van der Waals surface area contributed by atoms with E-state index in [0.717, 1.165) is 5.56 Å². The molecule has 2 rings (SSSR count). The number of Topliss-reactive ketones (excluding diaryl/α,β-unsaturated/α-hetero) is 1. The molecular formula is C26H39NO7Si. The topological polar surface area (TPSA) is 108 Å². The summed E-state index contributed by atoms with van der Waals surface area (Å²) in [4.78, 5) is 52.0. The normalized spacial score (nSPS) is 18.5. The van der Waals surface area contributed by atoms with Gasteiger partial charge in [0.05, 0.1) is 6.04 Å². The van der Waals surface area contributed by atoms with Crippen LogP contribution >= 0.6 is 0 Å². The molecular weight excluding hydrogens is 466 g/mol. The summed E-state index contributed by atoms with van der Waals surface area (Å²) in [5, 5.41) is 2.65. The van der Waals surface area contributed by atoms with E-state index in [1.54, 1.807) is 12.1 Å². The number of ether oxygens (including phenoxy) is 2. The van der Waals surface area contributed by atoms with Gasteiger partial charge in [-0.1, -0.05) is 65.0 Å². The molecule has 1 saturated heterocycles. The van der Waals surface area contributed by atoms with Crippen LogP contribution in [0.3, 0.4) is 0 Å². The van der Waals surface area contributed by atoms with E-state index in [1.165, 1.54) is 13.8 Å². The van der Waals surface area contributed by atoms with Crippen molar-refractivity contribution in [2.75, 3.05) is 0 Å². The number of nitrogens with one attached hydrogen (secondary N) is 1. The van der Waals surface area contributed by atoms with Gasteiger partial charge in [-0.2, -0.15) is 0 Å². The molecule has 1 N–H and O–H groups in total. The number of hydrogen-bond donors (Lipinski definition) is 1. The average molecular weight is 506 g/mol. The minimum absolute atomic E-state index is 0.0940. The molecule has 1 amide bonds. The Labute approximate surface area is 209 Å². The van der Waals surface area contributed by atoms with Crippen LogP contribution in [0.2, 0.25) is 18.1 Å². The number of hydrogen-bond acceptors (Lipinski definition) is 7. The summed E-state index contributed by atoms with van der Waals surface area (Å²) in [7, 11) is -2.31. The zero-order valence-electron chi connectivity index (χ0n) is 22.3. The molecule has 35 heavy (non-hydrogen) atoms. The van der Waals surface area contributed by atoms with Crippen LogP contribution in [0.15, 0.2) is 30.3 Å². The van der Waals surface area contributed by atoms with Crippen molar-refractivity contribution >= 4 is 31.9 Å². The maximum Gasteiger partial charge on any atom is 0.331 e. The van der Waals surface area contributed by atoms with E-state index in [0.29, 0.717) is 0 Å². The third-order valence-electron chi connectivity index (χ3n) is 6.48. The number of benzene rings is 1. The fourth-order valence-corrected chi connectivity index (χ4v) is 4.83. The quantitative estimate of drug-likeness (QED) is 0.309. The van der Waals surface area contributed by atoms with E-state index < -0.39 is 55.8 Å². The Balaban J connectivity index is 2.35. The van der Waals surface area contributed by atoms with E-state index in [4.69, 9.17) is 13.9 Å². The maximum atomic E-state index is 13.5. The Kier molecular flexibility index (Phi) is 8.71. The van der Waals surface area contributed by atoms with Crippen molar-refractivity contribution in [3.63, 3.8) is 0 Å². The zero-order valence-corrected chi connectivity index (χ0v) is 23.3. The molecule has 2 atom stereocenters. The smallest absolute Gasteiger partial charge is 0.331 e. The number of rotatable bonds is 9.